The van der Waals surface area contributed by atoms with Gasteiger partial charge in [0.15, 0.2) is 0 Å². The number of carbonyl (C=O) groups is 1. The first-order valence-electron chi connectivity index (χ1n) is 10.6. The second-order valence-corrected chi connectivity index (χ2v) is 7.95. The molecule has 0 saturated carbocycles. The van der Waals surface area contributed by atoms with Crippen molar-refractivity contribution in [2.24, 2.45) is 0 Å². The lowest BCUT2D eigenvalue weighted by Gasteiger charge is -2.09. The first kappa shape index (κ1) is 20.6. The van der Waals surface area contributed by atoms with Gasteiger partial charge >= 0.3 is 0 Å². The Morgan fingerprint density at radius 2 is 1.61 bits per heavy atom. The van der Waals surface area contributed by atoms with Gasteiger partial charge in [0.1, 0.15) is 5.69 Å². The highest BCUT2D eigenvalue weighted by atomic mass is 16.2. The van der Waals surface area contributed by atoms with E-state index in [-0.39, 0.29) is 5.91 Å². The van der Waals surface area contributed by atoms with Crippen LogP contribution < -0.4 is 5.32 Å². The zero-order valence-electron chi connectivity index (χ0n) is 18.2. The lowest BCUT2D eigenvalue weighted by atomic mass is 10.0. The van der Waals surface area contributed by atoms with Gasteiger partial charge in [-0.1, -0.05) is 60.2 Å². The van der Waals surface area contributed by atoms with Crippen LogP contribution in [0.15, 0.2) is 78.9 Å². The fourth-order valence-corrected chi connectivity index (χ4v) is 3.52. The molecule has 0 spiro atoms. The third kappa shape index (κ3) is 4.75. The van der Waals surface area contributed by atoms with Crippen LogP contribution in [0, 0.1) is 20.8 Å². The number of benzene rings is 3. The summed E-state index contributed by atoms with van der Waals surface area (Å²) in [4.78, 5) is 13.1. The van der Waals surface area contributed by atoms with Gasteiger partial charge in [-0.3, -0.25) is 4.79 Å². The zero-order valence-corrected chi connectivity index (χ0v) is 18.2. The standard InChI is InChI=1S/C27H27N3O/c1-19-9-13-24(14-10-19)30-26(27(31)28-16-15-22-7-5-4-6-8-22)18-25(29-30)23-12-11-20(2)21(3)17-23/h4-14,17-18H,15-16H2,1-3H3,(H,28,31). The molecule has 4 rings (SSSR count). The molecule has 0 bridgehead atoms. The zero-order chi connectivity index (χ0) is 21.8. The minimum atomic E-state index is -0.126. The summed E-state index contributed by atoms with van der Waals surface area (Å²) in [5.74, 6) is -0.126. The average molecular weight is 410 g/mol. The quantitative estimate of drug-likeness (QED) is 0.461. The molecule has 0 aliphatic carbocycles. The van der Waals surface area contributed by atoms with Gasteiger partial charge in [0.05, 0.1) is 11.4 Å². The largest absolute Gasteiger partial charge is 0.350 e. The van der Waals surface area contributed by atoms with Gasteiger partial charge < -0.3 is 5.32 Å². The summed E-state index contributed by atoms with van der Waals surface area (Å²) in [6.07, 6.45) is 0.787. The van der Waals surface area contributed by atoms with Crippen LogP contribution in [0.2, 0.25) is 0 Å². The lowest BCUT2D eigenvalue weighted by Crippen LogP contribution is -2.27. The normalized spacial score (nSPS) is 10.8. The Morgan fingerprint density at radius 1 is 0.871 bits per heavy atom. The molecule has 0 unspecified atom stereocenters. The van der Waals surface area contributed by atoms with Crippen LogP contribution >= 0.6 is 0 Å². The van der Waals surface area contributed by atoms with Gasteiger partial charge in [-0.05, 0) is 68.1 Å². The number of hydrogen-bond acceptors (Lipinski definition) is 2. The predicted octanol–water partition coefficient (Wildman–Crippen LogP) is 5.44. The van der Waals surface area contributed by atoms with E-state index in [1.807, 2.05) is 55.5 Å². The van der Waals surface area contributed by atoms with Crippen molar-refractivity contribution in [2.45, 2.75) is 27.2 Å². The molecule has 0 aliphatic rings. The van der Waals surface area contributed by atoms with Crippen LogP contribution in [0.4, 0.5) is 0 Å². The predicted molar refractivity (Wildman–Crippen MR) is 126 cm³/mol. The minimum absolute atomic E-state index is 0.126. The molecule has 1 amide bonds. The Balaban J connectivity index is 1.64. The number of hydrogen-bond donors (Lipinski definition) is 1. The lowest BCUT2D eigenvalue weighted by molar-refractivity contribution is 0.0946. The smallest absolute Gasteiger partial charge is 0.270 e. The fraction of sp³-hybridized carbons (Fsp3) is 0.185. The molecule has 4 heteroatoms. The first-order valence-corrected chi connectivity index (χ1v) is 10.6. The van der Waals surface area contributed by atoms with Gasteiger partial charge in [0.2, 0.25) is 0 Å². The van der Waals surface area contributed by atoms with Crippen LogP contribution in [0.25, 0.3) is 16.9 Å². The molecule has 4 nitrogen and oxygen atoms in total. The van der Waals surface area contributed by atoms with Crippen LogP contribution in [-0.4, -0.2) is 22.2 Å². The average Bonchev–Trinajstić information content (AvgIpc) is 3.22. The number of carbonyl (C=O) groups excluding carboxylic acids is 1. The molecule has 1 N–H and O–H groups in total. The van der Waals surface area contributed by atoms with Gasteiger partial charge in [-0.2, -0.15) is 5.10 Å². The van der Waals surface area contributed by atoms with E-state index in [9.17, 15) is 4.79 Å². The summed E-state index contributed by atoms with van der Waals surface area (Å²) in [5.41, 5.74) is 8.00. The number of rotatable bonds is 6. The maximum atomic E-state index is 13.1. The van der Waals surface area contributed by atoms with E-state index in [0.29, 0.717) is 12.2 Å². The molecule has 1 heterocycles. The van der Waals surface area contributed by atoms with E-state index in [2.05, 4.69) is 49.5 Å². The second-order valence-electron chi connectivity index (χ2n) is 7.95. The van der Waals surface area contributed by atoms with Crippen molar-refractivity contribution in [1.29, 1.82) is 0 Å². The summed E-state index contributed by atoms with van der Waals surface area (Å²) in [6.45, 7) is 6.80. The van der Waals surface area contributed by atoms with Gasteiger partial charge in [-0.15, -0.1) is 0 Å². The third-order valence-electron chi connectivity index (χ3n) is 5.57. The Bertz CT molecular complexity index is 1190. The Hall–Kier alpha value is -3.66. The van der Waals surface area contributed by atoms with Crippen molar-refractivity contribution in [3.63, 3.8) is 0 Å². The molecule has 0 fully saturated rings. The second kappa shape index (κ2) is 9.00. The Morgan fingerprint density at radius 3 is 2.32 bits per heavy atom. The Labute approximate surface area is 183 Å². The molecular formula is C27H27N3O. The van der Waals surface area contributed by atoms with Crippen molar-refractivity contribution in [3.05, 3.63) is 107 Å². The molecule has 31 heavy (non-hydrogen) atoms. The summed E-state index contributed by atoms with van der Waals surface area (Å²) < 4.78 is 1.74. The number of nitrogens with one attached hydrogen (secondary N) is 1. The molecule has 0 atom stereocenters. The molecule has 1 aromatic heterocycles. The van der Waals surface area contributed by atoms with E-state index in [1.54, 1.807) is 4.68 Å². The van der Waals surface area contributed by atoms with E-state index < -0.39 is 0 Å². The molecule has 0 aliphatic heterocycles. The van der Waals surface area contributed by atoms with Gasteiger partial charge in [0.25, 0.3) is 5.91 Å². The molecule has 0 saturated heterocycles. The number of aromatic nitrogens is 2. The van der Waals surface area contributed by atoms with E-state index in [4.69, 9.17) is 5.10 Å². The molecular weight excluding hydrogens is 382 g/mol. The third-order valence-corrected chi connectivity index (χ3v) is 5.57. The molecule has 3 aromatic carbocycles. The minimum Gasteiger partial charge on any atom is -0.350 e. The number of amides is 1. The fourth-order valence-electron chi connectivity index (χ4n) is 3.52. The maximum Gasteiger partial charge on any atom is 0.270 e. The van der Waals surface area contributed by atoms with E-state index >= 15 is 0 Å². The highest BCUT2D eigenvalue weighted by molar-refractivity contribution is 5.94. The van der Waals surface area contributed by atoms with Crippen molar-refractivity contribution in [2.75, 3.05) is 6.54 Å². The summed E-state index contributed by atoms with van der Waals surface area (Å²) >= 11 is 0. The van der Waals surface area contributed by atoms with E-state index in [0.717, 1.165) is 23.4 Å². The van der Waals surface area contributed by atoms with Crippen LogP contribution in [0.3, 0.4) is 0 Å². The monoisotopic (exact) mass is 409 g/mol. The highest BCUT2D eigenvalue weighted by Crippen LogP contribution is 2.24. The van der Waals surface area contributed by atoms with Gasteiger partial charge in [-0.25, -0.2) is 4.68 Å². The van der Waals surface area contributed by atoms with Crippen LogP contribution in [0.5, 0.6) is 0 Å². The van der Waals surface area contributed by atoms with Crippen molar-refractivity contribution >= 4 is 5.91 Å². The van der Waals surface area contributed by atoms with Crippen LogP contribution in [-0.2, 0) is 6.42 Å². The van der Waals surface area contributed by atoms with Gasteiger partial charge in [0, 0.05) is 12.1 Å². The first-order chi connectivity index (χ1) is 15.0. The van der Waals surface area contributed by atoms with Crippen molar-refractivity contribution < 1.29 is 4.79 Å². The van der Waals surface area contributed by atoms with Crippen molar-refractivity contribution in [1.82, 2.24) is 15.1 Å². The van der Waals surface area contributed by atoms with Crippen molar-refractivity contribution in [3.8, 4) is 16.9 Å². The highest BCUT2D eigenvalue weighted by Gasteiger charge is 2.18. The maximum absolute atomic E-state index is 13.1. The SMILES string of the molecule is Cc1ccc(-n2nc(-c3ccc(C)c(C)c3)cc2C(=O)NCCc2ccccc2)cc1. The number of nitrogens with zero attached hydrogens (tertiary/aromatic N) is 2. The van der Waals surface area contributed by atoms with Crippen LogP contribution in [0.1, 0.15) is 32.7 Å². The van der Waals surface area contributed by atoms with E-state index in [1.165, 1.54) is 22.3 Å². The molecule has 0 radical (unpaired) electrons. The molecule has 4 aromatic rings. The summed E-state index contributed by atoms with van der Waals surface area (Å²) in [7, 11) is 0. The summed E-state index contributed by atoms with van der Waals surface area (Å²) in [6, 6.07) is 26.4. The Kier molecular flexibility index (Phi) is 5.99. The number of aryl methyl sites for hydroxylation is 3. The molecule has 156 valence electrons. The summed E-state index contributed by atoms with van der Waals surface area (Å²) in [5, 5.41) is 7.85. The topological polar surface area (TPSA) is 46.9 Å².